The van der Waals surface area contributed by atoms with Crippen molar-refractivity contribution in [2.24, 2.45) is 5.41 Å². The van der Waals surface area contributed by atoms with Crippen LogP contribution in [0.1, 0.15) is 38.2 Å². The molecule has 0 fully saturated rings. The maximum Gasteiger partial charge on any atom is 0.328 e. The number of carboxylic acids is 1. The normalized spacial score (nSPS) is 30.5. The van der Waals surface area contributed by atoms with Crippen LogP contribution >= 0.6 is 0 Å². The van der Waals surface area contributed by atoms with Crippen molar-refractivity contribution in [1.82, 2.24) is 0 Å². The van der Waals surface area contributed by atoms with E-state index in [9.17, 15) is 14.7 Å². The molecule has 0 saturated carbocycles. The van der Waals surface area contributed by atoms with Gasteiger partial charge in [-0.2, -0.15) is 0 Å². The largest absolute Gasteiger partial charge is 0.478 e. The van der Waals surface area contributed by atoms with Crippen LogP contribution in [0.25, 0.3) is 0 Å². The molecule has 0 saturated heterocycles. The van der Waals surface area contributed by atoms with Gasteiger partial charge in [0.25, 0.3) is 0 Å². The molecule has 0 spiro atoms. The molecule has 19 heavy (non-hydrogen) atoms. The maximum atomic E-state index is 11.8. The van der Waals surface area contributed by atoms with Gasteiger partial charge in [-0.05, 0) is 37.1 Å². The van der Waals surface area contributed by atoms with Gasteiger partial charge in [0.2, 0.25) is 0 Å². The van der Waals surface area contributed by atoms with E-state index in [0.717, 1.165) is 12.2 Å². The third-order valence-corrected chi connectivity index (χ3v) is 3.30. The fourth-order valence-electron chi connectivity index (χ4n) is 2.07. The third kappa shape index (κ3) is 3.20. The zero-order valence-corrected chi connectivity index (χ0v) is 11.2. The van der Waals surface area contributed by atoms with Crippen LogP contribution in [0.3, 0.4) is 0 Å². The fourth-order valence-corrected chi connectivity index (χ4v) is 2.07. The molecule has 4 heteroatoms. The lowest BCUT2D eigenvalue weighted by molar-refractivity contribution is -0.131. The van der Waals surface area contributed by atoms with E-state index in [4.69, 9.17) is 9.22 Å². The standard InChI is InChI=1S/C15H20O4/c1-10(7-13(17)18)5-6-15(19)11(2)8-12(16)9-14(15,3)4/h5-8,19H,9H2,1-4H3,(H,17,18)/b6-5+,10-7+/t15-/m0/s1/i2D3. The molecule has 0 bridgehead atoms. The molecule has 1 atom stereocenters. The van der Waals surface area contributed by atoms with Gasteiger partial charge < -0.3 is 10.2 Å². The molecule has 0 aromatic carbocycles. The van der Waals surface area contributed by atoms with Gasteiger partial charge in [0.1, 0.15) is 5.60 Å². The monoisotopic (exact) mass is 267 g/mol. The first-order valence-electron chi connectivity index (χ1n) is 7.38. The number of carbonyl (C=O) groups excluding carboxylic acids is 1. The van der Waals surface area contributed by atoms with Gasteiger partial charge in [-0.15, -0.1) is 0 Å². The average Bonchev–Trinajstić information content (AvgIpc) is 2.28. The summed E-state index contributed by atoms with van der Waals surface area (Å²) in [5, 5.41) is 19.6. The first kappa shape index (κ1) is 11.2. The molecule has 0 aromatic heterocycles. The number of hydrogen-bond acceptors (Lipinski definition) is 3. The first-order valence-corrected chi connectivity index (χ1v) is 5.88. The van der Waals surface area contributed by atoms with Gasteiger partial charge in [0.05, 0.1) is 0 Å². The van der Waals surface area contributed by atoms with Crippen molar-refractivity contribution >= 4 is 11.8 Å². The molecule has 0 amide bonds. The second kappa shape index (κ2) is 5.13. The summed E-state index contributed by atoms with van der Waals surface area (Å²) in [5.74, 6) is -1.49. The summed E-state index contributed by atoms with van der Waals surface area (Å²) in [7, 11) is 0. The molecule has 104 valence electrons. The number of carbonyl (C=O) groups is 2. The Morgan fingerprint density at radius 1 is 1.53 bits per heavy atom. The Morgan fingerprint density at radius 2 is 2.16 bits per heavy atom. The summed E-state index contributed by atoms with van der Waals surface area (Å²) < 4.78 is 22.7. The van der Waals surface area contributed by atoms with Gasteiger partial charge in [0, 0.05) is 22.0 Å². The number of aliphatic carboxylic acids is 1. The van der Waals surface area contributed by atoms with Crippen LogP contribution in [0.15, 0.2) is 35.5 Å². The minimum absolute atomic E-state index is 0.00485. The van der Waals surface area contributed by atoms with Gasteiger partial charge in [-0.3, -0.25) is 4.79 Å². The molecule has 0 radical (unpaired) electrons. The highest BCUT2D eigenvalue weighted by molar-refractivity contribution is 5.92. The molecule has 2 N–H and O–H groups in total. The summed E-state index contributed by atoms with van der Waals surface area (Å²) >= 11 is 0. The second-order valence-corrected chi connectivity index (χ2v) is 5.41. The lowest BCUT2D eigenvalue weighted by Crippen LogP contribution is -2.48. The van der Waals surface area contributed by atoms with Gasteiger partial charge in [0.15, 0.2) is 5.78 Å². The molecule has 4 nitrogen and oxygen atoms in total. The minimum Gasteiger partial charge on any atom is -0.478 e. The van der Waals surface area contributed by atoms with Crippen molar-refractivity contribution in [3.63, 3.8) is 0 Å². The smallest absolute Gasteiger partial charge is 0.328 e. The van der Waals surface area contributed by atoms with E-state index in [1.165, 1.54) is 19.1 Å². The number of carboxylic acid groups (broad SMARTS) is 1. The van der Waals surface area contributed by atoms with E-state index >= 15 is 0 Å². The lowest BCUT2D eigenvalue weighted by Gasteiger charge is -2.43. The van der Waals surface area contributed by atoms with Crippen molar-refractivity contribution in [3.05, 3.63) is 35.5 Å². The Hall–Kier alpha value is -1.68. The van der Waals surface area contributed by atoms with Crippen LogP contribution in [0, 0.1) is 5.41 Å². The van der Waals surface area contributed by atoms with E-state index in [0.29, 0.717) is 5.57 Å². The maximum absolute atomic E-state index is 11.8. The Bertz CT molecular complexity index is 582. The molecular weight excluding hydrogens is 244 g/mol. The van der Waals surface area contributed by atoms with Crippen molar-refractivity contribution in [3.8, 4) is 0 Å². The Morgan fingerprint density at radius 3 is 2.68 bits per heavy atom. The van der Waals surface area contributed by atoms with Crippen LogP contribution in [0.4, 0.5) is 0 Å². The van der Waals surface area contributed by atoms with E-state index in [1.807, 2.05) is 0 Å². The average molecular weight is 267 g/mol. The van der Waals surface area contributed by atoms with Crippen molar-refractivity contribution in [1.29, 1.82) is 0 Å². The quantitative estimate of drug-likeness (QED) is 0.607. The summed E-state index contributed by atoms with van der Waals surface area (Å²) in [6.45, 7) is 2.10. The van der Waals surface area contributed by atoms with Crippen LogP contribution in [-0.4, -0.2) is 27.6 Å². The minimum atomic E-state index is -2.63. The van der Waals surface area contributed by atoms with Crippen LogP contribution in [-0.2, 0) is 9.59 Å². The van der Waals surface area contributed by atoms with Crippen molar-refractivity contribution in [2.75, 3.05) is 0 Å². The number of hydrogen-bond donors (Lipinski definition) is 2. The number of allylic oxidation sites excluding steroid dienone is 3. The molecule has 0 aliphatic heterocycles. The summed E-state index contributed by atoms with van der Waals surface area (Å²) in [5.41, 5.74) is -2.89. The molecule has 0 heterocycles. The first-order chi connectivity index (χ1) is 9.79. The predicted octanol–water partition coefficient (Wildman–Crippen LogP) is 2.25. The number of rotatable bonds is 3. The van der Waals surface area contributed by atoms with E-state index in [1.54, 1.807) is 13.8 Å². The zero-order chi connectivity index (χ0) is 17.3. The topological polar surface area (TPSA) is 74.6 Å². The predicted molar refractivity (Wildman–Crippen MR) is 72.6 cm³/mol. The van der Waals surface area contributed by atoms with Crippen molar-refractivity contribution < 1.29 is 23.9 Å². The van der Waals surface area contributed by atoms with E-state index in [-0.39, 0.29) is 17.8 Å². The lowest BCUT2D eigenvalue weighted by atomic mass is 9.64. The van der Waals surface area contributed by atoms with Crippen LogP contribution in [0.2, 0.25) is 0 Å². The molecule has 0 aromatic rings. The highest BCUT2D eigenvalue weighted by Crippen LogP contribution is 2.44. The summed E-state index contributed by atoms with van der Waals surface area (Å²) in [6.07, 6.45) is 4.52. The highest BCUT2D eigenvalue weighted by atomic mass is 16.4. The molecule has 1 rings (SSSR count). The summed E-state index contributed by atoms with van der Waals surface area (Å²) in [4.78, 5) is 22.4. The zero-order valence-electron chi connectivity index (χ0n) is 14.2. The molecular formula is C15H20O4. The van der Waals surface area contributed by atoms with Crippen molar-refractivity contribution in [2.45, 2.75) is 39.6 Å². The van der Waals surface area contributed by atoms with E-state index < -0.39 is 23.8 Å². The van der Waals surface area contributed by atoms with Crippen LogP contribution < -0.4 is 0 Å². The SMILES string of the molecule is [2H]C([2H])([2H])C1=CC(=O)CC(C)(C)[C@]1(O)/C=C/C(C)=C/C(=O)O. The van der Waals surface area contributed by atoms with Gasteiger partial charge in [-0.1, -0.05) is 19.9 Å². The Kier molecular flexibility index (Phi) is 3.02. The summed E-state index contributed by atoms with van der Waals surface area (Å²) in [6, 6.07) is 0. The van der Waals surface area contributed by atoms with Crippen LogP contribution in [0.5, 0.6) is 0 Å². The third-order valence-electron chi connectivity index (χ3n) is 3.30. The Labute approximate surface area is 117 Å². The van der Waals surface area contributed by atoms with Gasteiger partial charge >= 0.3 is 5.97 Å². The fraction of sp³-hybridized carbons (Fsp3) is 0.467. The highest BCUT2D eigenvalue weighted by Gasteiger charge is 2.46. The molecule has 0 unspecified atom stereocenters. The molecule has 1 aliphatic rings. The molecule has 1 aliphatic carbocycles. The Balaban J connectivity index is 3.41. The van der Waals surface area contributed by atoms with E-state index in [2.05, 4.69) is 0 Å². The number of aliphatic hydroxyl groups is 1. The second-order valence-electron chi connectivity index (χ2n) is 5.41. The number of ketones is 1. The van der Waals surface area contributed by atoms with Gasteiger partial charge in [-0.25, -0.2) is 4.79 Å².